The Morgan fingerprint density at radius 2 is 1.92 bits per heavy atom. The van der Waals surface area contributed by atoms with Crippen molar-refractivity contribution < 1.29 is 0 Å². The van der Waals surface area contributed by atoms with Gasteiger partial charge in [0.15, 0.2) is 0 Å². The van der Waals surface area contributed by atoms with E-state index in [1.807, 2.05) is 11.7 Å². The smallest absolute Gasteiger partial charge is 0.117 e. The zero-order valence-corrected chi connectivity index (χ0v) is 10.6. The summed E-state index contributed by atoms with van der Waals surface area (Å²) in [6.07, 6.45) is 0. The average molecular weight is 299 g/mol. The molecular formula is C8H12ClIN2. The quantitative estimate of drug-likeness (QED) is 0.673. The fourth-order valence-corrected chi connectivity index (χ4v) is 1.76. The van der Waals surface area contributed by atoms with Crippen LogP contribution in [0.5, 0.6) is 0 Å². The Morgan fingerprint density at radius 1 is 1.42 bits per heavy atom. The molecule has 0 atom stereocenters. The number of aryl methyl sites for hydroxylation is 1. The molecule has 0 spiro atoms. The topological polar surface area (TPSA) is 17.8 Å². The standard InChI is InChI=1S/C8H12ClIN2/c1-8(2,3)6-5(9)7(10)12(4)11-6/h1-4H3. The van der Waals surface area contributed by atoms with Crippen molar-refractivity contribution in [1.29, 1.82) is 0 Å². The van der Waals surface area contributed by atoms with Gasteiger partial charge in [0.1, 0.15) is 3.70 Å². The molecule has 4 heteroatoms. The molecule has 0 radical (unpaired) electrons. The van der Waals surface area contributed by atoms with Crippen LogP contribution in [0, 0.1) is 3.70 Å². The van der Waals surface area contributed by atoms with E-state index >= 15 is 0 Å². The highest BCUT2D eigenvalue weighted by Gasteiger charge is 2.23. The fourth-order valence-electron chi connectivity index (χ4n) is 0.957. The third kappa shape index (κ3) is 1.76. The van der Waals surface area contributed by atoms with Gasteiger partial charge in [-0.25, -0.2) is 0 Å². The minimum atomic E-state index is 0.0261. The Labute approximate surface area is 91.4 Å². The van der Waals surface area contributed by atoms with E-state index in [9.17, 15) is 0 Å². The van der Waals surface area contributed by atoms with Crippen LogP contribution in [0.3, 0.4) is 0 Å². The van der Waals surface area contributed by atoms with Crippen molar-refractivity contribution in [2.24, 2.45) is 7.05 Å². The van der Waals surface area contributed by atoms with E-state index in [4.69, 9.17) is 11.6 Å². The summed E-state index contributed by atoms with van der Waals surface area (Å²) in [6, 6.07) is 0. The molecule has 0 saturated heterocycles. The van der Waals surface area contributed by atoms with E-state index < -0.39 is 0 Å². The summed E-state index contributed by atoms with van der Waals surface area (Å²) in [5, 5.41) is 5.14. The van der Waals surface area contributed by atoms with Gasteiger partial charge in [-0.05, 0) is 22.6 Å². The predicted octanol–water partition coefficient (Wildman–Crippen LogP) is 2.98. The summed E-state index contributed by atoms with van der Waals surface area (Å²) in [5.74, 6) is 0. The highest BCUT2D eigenvalue weighted by molar-refractivity contribution is 14.1. The third-order valence-electron chi connectivity index (χ3n) is 1.63. The molecule has 1 heterocycles. The molecule has 0 bridgehead atoms. The van der Waals surface area contributed by atoms with Gasteiger partial charge in [0, 0.05) is 12.5 Å². The van der Waals surface area contributed by atoms with Crippen molar-refractivity contribution >= 4 is 34.2 Å². The van der Waals surface area contributed by atoms with Crippen LogP contribution in [0.2, 0.25) is 5.02 Å². The van der Waals surface area contributed by atoms with Crippen molar-refractivity contribution in [2.45, 2.75) is 26.2 Å². The van der Waals surface area contributed by atoms with Crippen molar-refractivity contribution in [3.05, 3.63) is 14.4 Å². The van der Waals surface area contributed by atoms with Crippen molar-refractivity contribution in [3.63, 3.8) is 0 Å². The molecule has 0 unspecified atom stereocenters. The first kappa shape index (κ1) is 10.3. The number of hydrogen-bond acceptors (Lipinski definition) is 1. The molecule has 0 amide bonds. The van der Waals surface area contributed by atoms with Gasteiger partial charge >= 0.3 is 0 Å². The van der Waals surface area contributed by atoms with Gasteiger partial charge in [-0.15, -0.1) is 0 Å². The molecule has 0 fully saturated rings. The highest BCUT2D eigenvalue weighted by atomic mass is 127. The Morgan fingerprint density at radius 3 is 2.08 bits per heavy atom. The zero-order valence-electron chi connectivity index (χ0n) is 7.65. The van der Waals surface area contributed by atoms with Gasteiger partial charge < -0.3 is 0 Å². The van der Waals surface area contributed by atoms with Gasteiger partial charge in [0.05, 0.1) is 10.7 Å². The summed E-state index contributed by atoms with van der Waals surface area (Å²) < 4.78 is 2.81. The summed E-state index contributed by atoms with van der Waals surface area (Å²) in [5.41, 5.74) is 0.995. The molecule has 12 heavy (non-hydrogen) atoms. The summed E-state index contributed by atoms with van der Waals surface area (Å²) in [4.78, 5) is 0. The maximum atomic E-state index is 6.11. The van der Waals surface area contributed by atoms with Gasteiger partial charge in [0.2, 0.25) is 0 Å². The largest absolute Gasteiger partial charge is 0.261 e. The molecule has 0 saturated carbocycles. The molecule has 0 aliphatic rings. The van der Waals surface area contributed by atoms with E-state index in [2.05, 4.69) is 48.5 Å². The summed E-state index contributed by atoms with van der Waals surface area (Å²) in [6.45, 7) is 6.33. The maximum absolute atomic E-state index is 6.11. The first-order valence-corrected chi connectivity index (χ1v) is 5.18. The second kappa shape index (κ2) is 3.18. The van der Waals surface area contributed by atoms with Crippen molar-refractivity contribution in [1.82, 2.24) is 9.78 Å². The van der Waals surface area contributed by atoms with Crippen LogP contribution in [0.15, 0.2) is 0 Å². The monoisotopic (exact) mass is 298 g/mol. The van der Waals surface area contributed by atoms with Crippen LogP contribution in [-0.2, 0) is 12.5 Å². The molecule has 0 aliphatic heterocycles. The second-order valence-corrected chi connectivity index (χ2v) is 5.23. The fraction of sp³-hybridized carbons (Fsp3) is 0.625. The van der Waals surface area contributed by atoms with Crippen LogP contribution < -0.4 is 0 Å². The molecule has 1 aromatic heterocycles. The van der Waals surface area contributed by atoms with Crippen molar-refractivity contribution in [2.75, 3.05) is 0 Å². The normalized spacial score (nSPS) is 12.2. The number of rotatable bonds is 0. The summed E-state index contributed by atoms with van der Waals surface area (Å²) >= 11 is 8.31. The zero-order chi connectivity index (χ0) is 9.52. The van der Waals surface area contributed by atoms with Gasteiger partial charge in [0.25, 0.3) is 0 Å². The molecule has 68 valence electrons. The molecule has 0 N–H and O–H groups in total. The Bertz CT molecular complexity index is 299. The minimum absolute atomic E-state index is 0.0261. The lowest BCUT2D eigenvalue weighted by molar-refractivity contribution is 0.552. The molecule has 0 aliphatic carbocycles. The number of hydrogen-bond donors (Lipinski definition) is 0. The number of aromatic nitrogens is 2. The van der Waals surface area contributed by atoms with Crippen LogP contribution >= 0.6 is 34.2 Å². The Kier molecular flexibility index (Phi) is 2.73. The van der Waals surface area contributed by atoms with Gasteiger partial charge in [-0.2, -0.15) is 5.10 Å². The molecule has 2 nitrogen and oxygen atoms in total. The minimum Gasteiger partial charge on any atom is -0.261 e. The van der Waals surface area contributed by atoms with E-state index in [-0.39, 0.29) is 5.41 Å². The first-order valence-electron chi connectivity index (χ1n) is 3.72. The predicted molar refractivity (Wildman–Crippen MR) is 59.6 cm³/mol. The van der Waals surface area contributed by atoms with E-state index in [0.29, 0.717) is 0 Å². The maximum Gasteiger partial charge on any atom is 0.117 e. The second-order valence-electron chi connectivity index (χ2n) is 3.83. The molecule has 1 rings (SSSR count). The Balaban J connectivity index is 3.28. The SMILES string of the molecule is Cn1nc(C(C)(C)C)c(Cl)c1I. The lowest BCUT2D eigenvalue weighted by atomic mass is 9.93. The van der Waals surface area contributed by atoms with Crippen LogP contribution in [-0.4, -0.2) is 9.78 Å². The molecular weight excluding hydrogens is 286 g/mol. The molecule has 1 aromatic rings. The molecule has 0 aromatic carbocycles. The first-order chi connectivity index (χ1) is 5.34. The van der Waals surface area contributed by atoms with Crippen molar-refractivity contribution in [3.8, 4) is 0 Å². The van der Waals surface area contributed by atoms with E-state index in [1.165, 1.54) is 0 Å². The lowest BCUT2D eigenvalue weighted by Crippen LogP contribution is -2.12. The number of halogens is 2. The summed E-state index contributed by atoms with van der Waals surface area (Å²) in [7, 11) is 1.91. The van der Waals surface area contributed by atoms with E-state index in [1.54, 1.807) is 0 Å². The van der Waals surface area contributed by atoms with Gasteiger partial charge in [-0.1, -0.05) is 32.4 Å². The van der Waals surface area contributed by atoms with Crippen LogP contribution in [0.1, 0.15) is 26.5 Å². The van der Waals surface area contributed by atoms with Crippen LogP contribution in [0.4, 0.5) is 0 Å². The average Bonchev–Trinajstić information content (AvgIpc) is 2.15. The third-order valence-corrected chi connectivity index (χ3v) is 3.55. The highest BCUT2D eigenvalue weighted by Crippen LogP contribution is 2.31. The Hall–Kier alpha value is 0.230. The van der Waals surface area contributed by atoms with Crippen LogP contribution in [0.25, 0.3) is 0 Å². The number of nitrogens with zero attached hydrogens (tertiary/aromatic N) is 2. The van der Waals surface area contributed by atoms with E-state index in [0.717, 1.165) is 14.4 Å². The lowest BCUT2D eigenvalue weighted by Gasteiger charge is -2.14. The van der Waals surface area contributed by atoms with Gasteiger partial charge in [-0.3, -0.25) is 4.68 Å².